The zero-order chi connectivity index (χ0) is 16.1. The predicted octanol–water partition coefficient (Wildman–Crippen LogP) is 2.96. The summed E-state index contributed by atoms with van der Waals surface area (Å²) in [5.41, 5.74) is 0.719. The minimum atomic E-state index is -0.460. The summed E-state index contributed by atoms with van der Waals surface area (Å²) in [7, 11) is 3.81. The molecule has 1 aromatic carbocycles. The Morgan fingerprint density at radius 1 is 1.55 bits per heavy atom. The molecule has 1 saturated heterocycles. The molecule has 0 radical (unpaired) electrons. The van der Waals surface area contributed by atoms with Gasteiger partial charge < -0.3 is 15.1 Å². The van der Waals surface area contributed by atoms with Crippen LogP contribution >= 0.6 is 11.6 Å². The lowest BCUT2D eigenvalue weighted by molar-refractivity contribution is 0.188. The van der Waals surface area contributed by atoms with Gasteiger partial charge in [-0.2, -0.15) is 0 Å². The summed E-state index contributed by atoms with van der Waals surface area (Å²) < 4.78 is 13.4. The van der Waals surface area contributed by atoms with Crippen molar-refractivity contribution in [2.45, 2.75) is 19.4 Å². The van der Waals surface area contributed by atoms with Crippen molar-refractivity contribution in [2.24, 2.45) is 5.92 Å². The van der Waals surface area contributed by atoms with Gasteiger partial charge in [0, 0.05) is 26.7 Å². The van der Waals surface area contributed by atoms with E-state index >= 15 is 0 Å². The Hall–Kier alpha value is -1.33. The van der Waals surface area contributed by atoms with Gasteiger partial charge in [-0.15, -0.1) is 0 Å². The zero-order valence-electron chi connectivity index (χ0n) is 13.1. The van der Waals surface area contributed by atoms with Crippen molar-refractivity contribution in [3.05, 3.63) is 34.6 Å². The van der Waals surface area contributed by atoms with E-state index in [9.17, 15) is 9.18 Å². The number of piperidine rings is 1. The predicted molar refractivity (Wildman–Crippen MR) is 86.5 cm³/mol. The van der Waals surface area contributed by atoms with Crippen LogP contribution in [0.1, 0.15) is 18.4 Å². The molecule has 6 heteroatoms. The van der Waals surface area contributed by atoms with E-state index in [4.69, 9.17) is 11.6 Å². The minimum absolute atomic E-state index is 0.0947. The molecule has 1 atom stereocenters. The van der Waals surface area contributed by atoms with Gasteiger partial charge in [0.2, 0.25) is 0 Å². The van der Waals surface area contributed by atoms with E-state index in [1.165, 1.54) is 18.6 Å². The highest BCUT2D eigenvalue weighted by molar-refractivity contribution is 6.30. The molecule has 1 aromatic rings. The molecule has 1 aliphatic rings. The molecule has 0 aliphatic carbocycles. The standard InChI is InChI=1S/C16H23ClFN3O/c1-20-7-3-4-13(10-20)9-19-16(22)21(2)11-12-5-6-14(17)15(18)8-12/h5-6,8,13H,3-4,7,9-11H2,1-2H3,(H,19,22)/t13-/m0/s1. The number of urea groups is 1. The Morgan fingerprint density at radius 2 is 2.32 bits per heavy atom. The second-order valence-corrected chi connectivity index (χ2v) is 6.47. The number of hydrogen-bond donors (Lipinski definition) is 1. The van der Waals surface area contributed by atoms with E-state index in [0.717, 1.165) is 25.1 Å². The lowest BCUT2D eigenvalue weighted by atomic mass is 9.99. The lowest BCUT2D eigenvalue weighted by Crippen LogP contribution is -2.43. The molecule has 22 heavy (non-hydrogen) atoms. The monoisotopic (exact) mass is 327 g/mol. The van der Waals surface area contributed by atoms with Gasteiger partial charge in [0.1, 0.15) is 5.82 Å². The van der Waals surface area contributed by atoms with E-state index in [-0.39, 0.29) is 11.1 Å². The maximum Gasteiger partial charge on any atom is 0.317 e. The summed E-state index contributed by atoms with van der Waals surface area (Å²) in [4.78, 5) is 15.9. The highest BCUT2D eigenvalue weighted by atomic mass is 35.5. The van der Waals surface area contributed by atoms with Crippen LogP contribution in [0, 0.1) is 11.7 Å². The Kier molecular flexibility index (Phi) is 6.03. The highest BCUT2D eigenvalue weighted by Crippen LogP contribution is 2.17. The number of halogens is 2. The van der Waals surface area contributed by atoms with Crippen molar-refractivity contribution in [2.75, 3.05) is 33.7 Å². The van der Waals surface area contributed by atoms with Crippen LogP contribution in [-0.2, 0) is 6.54 Å². The van der Waals surface area contributed by atoms with Crippen LogP contribution in [0.4, 0.5) is 9.18 Å². The molecule has 0 unspecified atom stereocenters. The first-order chi connectivity index (χ1) is 10.5. The van der Waals surface area contributed by atoms with Crippen molar-refractivity contribution < 1.29 is 9.18 Å². The summed E-state index contributed by atoms with van der Waals surface area (Å²) in [6.45, 7) is 3.19. The number of likely N-dealkylation sites (tertiary alicyclic amines) is 1. The summed E-state index contributed by atoms with van der Waals surface area (Å²) in [6, 6.07) is 4.46. The molecule has 0 saturated carbocycles. The van der Waals surface area contributed by atoms with Crippen LogP contribution in [-0.4, -0.2) is 49.6 Å². The third-order valence-corrected chi connectivity index (χ3v) is 4.32. The number of benzene rings is 1. The van der Waals surface area contributed by atoms with Gasteiger partial charge in [-0.1, -0.05) is 17.7 Å². The second-order valence-electron chi connectivity index (χ2n) is 6.06. The second kappa shape index (κ2) is 7.79. The normalized spacial score (nSPS) is 19.0. The summed E-state index contributed by atoms with van der Waals surface area (Å²) in [5, 5.41) is 3.05. The molecule has 122 valence electrons. The maximum absolute atomic E-state index is 13.4. The fourth-order valence-corrected chi connectivity index (χ4v) is 2.91. The fourth-order valence-electron chi connectivity index (χ4n) is 2.79. The maximum atomic E-state index is 13.4. The van der Waals surface area contributed by atoms with E-state index in [1.54, 1.807) is 18.0 Å². The minimum Gasteiger partial charge on any atom is -0.338 e. The average Bonchev–Trinajstić information content (AvgIpc) is 2.48. The number of hydrogen-bond acceptors (Lipinski definition) is 2. The van der Waals surface area contributed by atoms with Gasteiger partial charge in [0.15, 0.2) is 0 Å². The molecule has 0 aromatic heterocycles. The fraction of sp³-hybridized carbons (Fsp3) is 0.562. The zero-order valence-corrected chi connectivity index (χ0v) is 13.9. The molecule has 1 fully saturated rings. The molecule has 0 spiro atoms. The summed E-state index contributed by atoms with van der Waals surface area (Å²) >= 11 is 5.66. The van der Waals surface area contributed by atoms with E-state index in [0.29, 0.717) is 19.0 Å². The van der Waals surface area contributed by atoms with Gasteiger partial charge in [-0.05, 0) is 50.0 Å². The Balaban J connectivity index is 1.80. The summed E-state index contributed by atoms with van der Waals surface area (Å²) in [6.07, 6.45) is 2.33. The van der Waals surface area contributed by atoms with Gasteiger partial charge >= 0.3 is 6.03 Å². The summed E-state index contributed by atoms with van der Waals surface area (Å²) in [5.74, 6) is 0.0438. The van der Waals surface area contributed by atoms with Crippen LogP contribution in [0.3, 0.4) is 0 Å². The Morgan fingerprint density at radius 3 is 3.00 bits per heavy atom. The van der Waals surface area contributed by atoms with Crippen molar-refractivity contribution in [1.29, 1.82) is 0 Å². The topological polar surface area (TPSA) is 35.6 Å². The Bertz CT molecular complexity index is 526. The van der Waals surface area contributed by atoms with Crippen molar-refractivity contribution in [3.8, 4) is 0 Å². The van der Waals surface area contributed by atoms with Crippen molar-refractivity contribution in [1.82, 2.24) is 15.1 Å². The number of carbonyl (C=O) groups is 1. The third-order valence-electron chi connectivity index (χ3n) is 4.01. The van der Waals surface area contributed by atoms with Gasteiger partial charge in [0.05, 0.1) is 5.02 Å². The molecular weight excluding hydrogens is 305 g/mol. The number of amides is 2. The van der Waals surface area contributed by atoms with E-state index < -0.39 is 5.82 Å². The average molecular weight is 328 g/mol. The van der Waals surface area contributed by atoms with E-state index in [1.807, 2.05) is 0 Å². The first-order valence-corrected chi connectivity index (χ1v) is 7.95. The number of rotatable bonds is 4. The van der Waals surface area contributed by atoms with Gasteiger partial charge in [0.25, 0.3) is 0 Å². The van der Waals surface area contributed by atoms with Crippen LogP contribution in [0.2, 0.25) is 5.02 Å². The van der Waals surface area contributed by atoms with Crippen LogP contribution in [0.5, 0.6) is 0 Å². The Labute approximate surface area is 136 Å². The lowest BCUT2D eigenvalue weighted by Gasteiger charge is -2.30. The highest BCUT2D eigenvalue weighted by Gasteiger charge is 2.18. The van der Waals surface area contributed by atoms with Gasteiger partial charge in [-0.3, -0.25) is 0 Å². The van der Waals surface area contributed by atoms with Gasteiger partial charge in [-0.25, -0.2) is 9.18 Å². The number of nitrogens with zero attached hydrogens (tertiary/aromatic N) is 2. The first kappa shape index (κ1) is 17.0. The molecule has 1 aliphatic heterocycles. The molecule has 1 N–H and O–H groups in total. The van der Waals surface area contributed by atoms with Crippen molar-refractivity contribution in [3.63, 3.8) is 0 Å². The number of nitrogens with one attached hydrogen (secondary N) is 1. The third kappa shape index (κ3) is 4.85. The molecule has 4 nitrogen and oxygen atoms in total. The van der Waals surface area contributed by atoms with E-state index in [2.05, 4.69) is 17.3 Å². The molecule has 2 rings (SSSR count). The SMILES string of the molecule is CN1CCC[C@@H](CNC(=O)N(C)Cc2ccc(Cl)c(F)c2)C1. The molecule has 1 heterocycles. The quantitative estimate of drug-likeness (QED) is 0.923. The van der Waals surface area contributed by atoms with Crippen LogP contribution in [0.15, 0.2) is 18.2 Å². The van der Waals surface area contributed by atoms with Crippen LogP contribution in [0.25, 0.3) is 0 Å². The van der Waals surface area contributed by atoms with Crippen LogP contribution < -0.4 is 5.32 Å². The number of carbonyl (C=O) groups excluding carboxylic acids is 1. The molecular formula is C16H23ClFN3O. The largest absolute Gasteiger partial charge is 0.338 e. The van der Waals surface area contributed by atoms with Crippen molar-refractivity contribution >= 4 is 17.6 Å². The first-order valence-electron chi connectivity index (χ1n) is 7.57. The molecule has 0 bridgehead atoms. The smallest absolute Gasteiger partial charge is 0.317 e. The molecule has 2 amide bonds.